The standard InChI is InChI=1S/C21H21ClN4O3S/c1-4-9-30-21-24-20-17(25-26-21)13-7-5-6-8-15(13)23-19(29-20)12-10-14(22)18(28-3)16(11-12)27-2/h5-8,10-11,19,23H,4,9H2,1-3H3/t19-/m1/s1. The van der Waals surface area contributed by atoms with Crippen molar-refractivity contribution >= 4 is 29.1 Å². The third-order valence-electron chi connectivity index (χ3n) is 4.53. The monoisotopic (exact) mass is 444 g/mol. The number of nitrogens with zero attached hydrogens (tertiary/aromatic N) is 3. The van der Waals surface area contributed by atoms with Crippen molar-refractivity contribution in [1.29, 1.82) is 0 Å². The molecule has 7 nitrogen and oxygen atoms in total. The largest absolute Gasteiger partial charge is 0.493 e. The zero-order chi connectivity index (χ0) is 21.1. The maximum Gasteiger partial charge on any atom is 0.247 e. The predicted octanol–water partition coefficient (Wildman–Crippen LogP) is 5.21. The molecule has 30 heavy (non-hydrogen) atoms. The number of anilines is 1. The normalized spacial score (nSPS) is 14.6. The number of para-hydroxylation sites is 1. The van der Waals surface area contributed by atoms with Crippen LogP contribution in [0.25, 0.3) is 11.3 Å². The molecule has 0 unspecified atom stereocenters. The number of hydrogen-bond acceptors (Lipinski definition) is 8. The van der Waals surface area contributed by atoms with Crippen molar-refractivity contribution in [2.75, 3.05) is 25.3 Å². The molecule has 1 N–H and O–H groups in total. The van der Waals surface area contributed by atoms with Gasteiger partial charge in [-0.1, -0.05) is 48.5 Å². The van der Waals surface area contributed by atoms with Gasteiger partial charge < -0.3 is 19.5 Å². The summed E-state index contributed by atoms with van der Waals surface area (Å²) in [6, 6.07) is 11.4. The van der Waals surface area contributed by atoms with Crippen LogP contribution in [-0.4, -0.2) is 35.2 Å². The maximum absolute atomic E-state index is 6.43. The van der Waals surface area contributed by atoms with Crippen LogP contribution in [-0.2, 0) is 0 Å². The van der Waals surface area contributed by atoms with E-state index in [2.05, 4.69) is 27.4 Å². The third-order valence-corrected chi connectivity index (χ3v) is 5.85. The molecule has 0 aliphatic carbocycles. The summed E-state index contributed by atoms with van der Waals surface area (Å²) < 4.78 is 17.1. The number of fused-ring (bicyclic) bond motifs is 3. The number of aromatic nitrogens is 3. The Bertz CT molecular complexity index is 1070. The maximum atomic E-state index is 6.43. The SMILES string of the molecule is CCCSc1nnc2c(n1)O[C@H](c1cc(Cl)c(OC)c(OC)c1)Nc1ccccc1-2. The van der Waals surface area contributed by atoms with Gasteiger partial charge in [0, 0.05) is 22.6 Å². The highest BCUT2D eigenvalue weighted by Crippen LogP contribution is 2.42. The third kappa shape index (κ3) is 3.97. The molecule has 2 heterocycles. The van der Waals surface area contributed by atoms with Gasteiger partial charge in [-0.2, -0.15) is 4.98 Å². The van der Waals surface area contributed by atoms with Gasteiger partial charge in [0.15, 0.2) is 23.4 Å². The summed E-state index contributed by atoms with van der Waals surface area (Å²) in [5.41, 5.74) is 3.08. The fraction of sp³-hybridized carbons (Fsp3) is 0.286. The first-order chi connectivity index (χ1) is 14.6. The van der Waals surface area contributed by atoms with E-state index < -0.39 is 6.23 Å². The van der Waals surface area contributed by atoms with Crippen LogP contribution in [0.15, 0.2) is 41.6 Å². The zero-order valence-corrected chi connectivity index (χ0v) is 18.4. The number of rotatable bonds is 6. The number of thioether (sulfide) groups is 1. The molecule has 9 heteroatoms. The quantitative estimate of drug-likeness (QED) is 0.519. The summed E-state index contributed by atoms with van der Waals surface area (Å²) in [6.07, 6.45) is 0.453. The Kier molecular flexibility index (Phi) is 6.15. The first-order valence-electron chi connectivity index (χ1n) is 9.46. The lowest BCUT2D eigenvalue weighted by Crippen LogP contribution is -2.17. The molecule has 0 fully saturated rings. The second-order valence-electron chi connectivity index (χ2n) is 6.52. The summed E-state index contributed by atoms with van der Waals surface area (Å²) in [5, 5.41) is 13.1. The van der Waals surface area contributed by atoms with Gasteiger partial charge in [-0.15, -0.1) is 10.2 Å². The molecule has 156 valence electrons. The van der Waals surface area contributed by atoms with E-state index in [-0.39, 0.29) is 0 Å². The summed E-state index contributed by atoms with van der Waals surface area (Å²) in [4.78, 5) is 4.62. The van der Waals surface area contributed by atoms with E-state index in [1.54, 1.807) is 32.0 Å². The summed E-state index contributed by atoms with van der Waals surface area (Å²) >= 11 is 7.98. The Morgan fingerprint density at radius 3 is 2.77 bits per heavy atom. The average Bonchev–Trinajstić information content (AvgIpc) is 2.93. The summed E-state index contributed by atoms with van der Waals surface area (Å²) in [6.45, 7) is 2.11. The van der Waals surface area contributed by atoms with E-state index in [4.69, 9.17) is 25.8 Å². The van der Waals surface area contributed by atoms with Crippen molar-refractivity contribution in [3.63, 3.8) is 0 Å². The average molecular weight is 445 g/mol. The molecule has 1 aliphatic heterocycles. The minimum atomic E-state index is -0.564. The van der Waals surface area contributed by atoms with Crippen molar-refractivity contribution < 1.29 is 14.2 Å². The first-order valence-corrected chi connectivity index (χ1v) is 10.8. The number of benzene rings is 2. The van der Waals surface area contributed by atoms with Crippen molar-refractivity contribution in [1.82, 2.24) is 15.2 Å². The van der Waals surface area contributed by atoms with Gasteiger partial charge >= 0.3 is 0 Å². The highest BCUT2D eigenvalue weighted by Gasteiger charge is 2.27. The highest BCUT2D eigenvalue weighted by molar-refractivity contribution is 7.99. The van der Waals surface area contributed by atoms with Crippen LogP contribution in [0.4, 0.5) is 5.69 Å². The lowest BCUT2D eigenvalue weighted by atomic mass is 10.1. The van der Waals surface area contributed by atoms with Crippen molar-refractivity contribution in [2.45, 2.75) is 24.7 Å². The van der Waals surface area contributed by atoms with Gasteiger partial charge in [0.05, 0.1) is 19.2 Å². The minimum Gasteiger partial charge on any atom is -0.493 e. The Labute approximate surface area is 184 Å². The molecule has 1 atom stereocenters. The summed E-state index contributed by atoms with van der Waals surface area (Å²) in [7, 11) is 3.12. The Hall–Kier alpha value is -2.71. The molecule has 3 aromatic rings. The van der Waals surface area contributed by atoms with Crippen LogP contribution in [0.2, 0.25) is 5.02 Å². The molecular formula is C21H21ClN4O3S. The van der Waals surface area contributed by atoms with Gasteiger partial charge in [-0.3, -0.25) is 0 Å². The van der Waals surface area contributed by atoms with Gasteiger partial charge in [0.25, 0.3) is 0 Å². The van der Waals surface area contributed by atoms with Crippen molar-refractivity contribution in [3.8, 4) is 28.6 Å². The van der Waals surface area contributed by atoms with Crippen LogP contribution < -0.4 is 19.5 Å². The Morgan fingerprint density at radius 1 is 1.17 bits per heavy atom. The van der Waals surface area contributed by atoms with Crippen LogP contribution in [0.1, 0.15) is 25.1 Å². The molecule has 0 saturated carbocycles. The lowest BCUT2D eigenvalue weighted by Gasteiger charge is -2.21. The van der Waals surface area contributed by atoms with Crippen LogP contribution in [0.5, 0.6) is 17.4 Å². The molecule has 0 amide bonds. The smallest absolute Gasteiger partial charge is 0.247 e. The van der Waals surface area contributed by atoms with E-state index >= 15 is 0 Å². The minimum absolute atomic E-state index is 0.414. The molecular weight excluding hydrogens is 424 g/mol. The van der Waals surface area contributed by atoms with E-state index in [0.717, 1.165) is 29.0 Å². The molecule has 0 radical (unpaired) electrons. The Balaban J connectivity index is 1.80. The second-order valence-corrected chi connectivity index (χ2v) is 7.99. The second kappa shape index (κ2) is 8.97. The van der Waals surface area contributed by atoms with E-state index in [9.17, 15) is 0 Å². The topological polar surface area (TPSA) is 78.4 Å². The Morgan fingerprint density at radius 2 is 2.00 bits per heavy atom. The number of nitrogens with one attached hydrogen (secondary N) is 1. The molecule has 2 aromatic carbocycles. The lowest BCUT2D eigenvalue weighted by molar-refractivity contribution is 0.224. The van der Waals surface area contributed by atoms with Crippen LogP contribution in [0, 0.1) is 0 Å². The van der Waals surface area contributed by atoms with Gasteiger partial charge in [-0.25, -0.2) is 0 Å². The van der Waals surface area contributed by atoms with Gasteiger partial charge in [0.1, 0.15) is 0 Å². The fourth-order valence-electron chi connectivity index (χ4n) is 3.14. The fourth-order valence-corrected chi connectivity index (χ4v) is 4.07. The summed E-state index contributed by atoms with van der Waals surface area (Å²) in [5.74, 6) is 2.31. The molecule has 0 saturated heterocycles. The number of hydrogen-bond donors (Lipinski definition) is 1. The molecule has 1 aromatic heterocycles. The van der Waals surface area contributed by atoms with Crippen molar-refractivity contribution in [2.24, 2.45) is 0 Å². The first kappa shape index (κ1) is 20.6. The molecule has 1 aliphatic rings. The predicted molar refractivity (Wildman–Crippen MR) is 118 cm³/mol. The van der Waals surface area contributed by atoms with E-state index in [0.29, 0.717) is 33.3 Å². The van der Waals surface area contributed by atoms with Gasteiger partial charge in [0.2, 0.25) is 11.0 Å². The number of methoxy groups -OCH3 is 2. The van der Waals surface area contributed by atoms with E-state index in [1.807, 2.05) is 30.3 Å². The van der Waals surface area contributed by atoms with Gasteiger partial charge in [-0.05, 0) is 24.6 Å². The number of halogens is 1. The van der Waals surface area contributed by atoms with E-state index in [1.165, 1.54) is 0 Å². The van der Waals surface area contributed by atoms with Crippen LogP contribution in [0.3, 0.4) is 0 Å². The number of ether oxygens (including phenoxy) is 3. The van der Waals surface area contributed by atoms with Crippen molar-refractivity contribution in [3.05, 3.63) is 47.0 Å². The van der Waals surface area contributed by atoms with Crippen LogP contribution >= 0.6 is 23.4 Å². The zero-order valence-electron chi connectivity index (χ0n) is 16.8. The molecule has 0 bridgehead atoms. The molecule has 4 rings (SSSR count). The highest BCUT2D eigenvalue weighted by atomic mass is 35.5. The molecule has 0 spiro atoms.